The quantitative estimate of drug-likeness (QED) is 0.738. The number of fused-ring (bicyclic) bond motifs is 1. The first-order chi connectivity index (χ1) is 9.15. The van der Waals surface area contributed by atoms with E-state index in [1.54, 1.807) is 23.6 Å². The number of nitrogens with one attached hydrogen (secondary N) is 1. The van der Waals surface area contributed by atoms with Gasteiger partial charge in [-0.15, -0.1) is 11.3 Å². The smallest absolute Gasteiger partial charge is 0.178 e. The standard InChI is InChI=1S/C13H12FN3S2/c1-8(12-15-4-5-19-12)7-17-11-3-2-9(14)6-10(11)16-13(17)18/h2-6,8H,7H2,1H3,(H,16,18). The molecule has 0 amide bonds. The summed E-state index contributed by atoms with van der Waals surface area (Å²) >= 11 is 6.95. The van der Waals surface area contributed by atoms with Crippen molar-refractivity contribution in [3.05, 3.63) is 45.4 Å². The third-order valence-corrected chi connectivity index (χ3v) is 4.40. The van der Waals surface area contributed by atoms with Crippen LogP contribution in [0.5, 0.6) is 0 Å². The van der Waals surface area contributed by atoms with Crippen LogP contribution in [0.25, 0.3) is 11.0 Å². The van der Waals surface area contributed by atoms with Gasteiger partial charge in [0.2, 0.25) is 0 Å². The van der Waals surface area contributed by atoms with Crippen molar-refractivity contribution in [1.29, 1.82) is 0 Å². The Morgan fingerprint density at radius 3 is 3.11 bits per heavy atom. The molecule has 6 heteroatoms. The fourth-order valence-corrected chi connectivity index (χ4v) is 3.12. The van der Waals surface area contributed by atoms with Gasteiger partial charge in [-0.25, -0.2) is 9.37 Å². The molecule has 0 spiro atoms. The highest BCUT2D eigenvalue weighted by Gasteiger charge is 2.12. The first kappa shape index (κ1) is 12.5. The molecular formula is C13H12FN3S2. The molecule has 2 heterocycles. The number of benzene rings is 1. The molecule has 19 heavy (non-hydrogen) atoms. The van der Waals surface area contributed by atoms with Gasteiger partial charge in [0.05, 0.1) is 16.0 Å². The van der Waals surface area contributed by atoms with Gasteiger partial charge in [-0.3, -0.25) is 0 Å². The minimum Gasteiger partial charge on any atom is -0.330 e. The first-order valence-corrected chi connectivity index (χ1v) is 7.21. The van der Waals surface area contributed by atoms with Crippen molar-refractivity contribution in [2.24, 2.45) is 0 Å². The summed E-state index contributed by atoms with van der Waals surface area (Å²) in [5, 5.41) is 3.05. The summed E-state index contributed by atoms with van der Waals surface area (Å²) in [7, 11) is 0. The molecule has 0 saturated heterocycles. The lowest BCUT2D eigenvalue weighted by Gasteiger charge is -2.10. The van der Waals surface area contributed by atoms with Gasteiger partial charge >= 0.3 is 0 Å². The Morgan fingerprint density at radius 1 is 1.53 bits per heavy atom. The van der Waals surface area contributed by atoms with Crippen molar-refractivity contribution < 1.29 is 4.39 Å². The van der Waals surface area contributed by atoms with Crippen LogP contribution in [0.15, 0.2) is 29.8 Å². The highest BCUT2D eigenvalue weighted by Crippen LogP contribution is 2.23. The monoisotopic (exact) mass is 293 g/mol. The molecule has 0 aliphatic heterocycles. The van der Waals surface area contributed by atoms with Crippen molar-refractivity contribution in [3.63, 3.8) is 0 Å². The van der Waals surface area contributed by atoms with Gasteiger partial charge < -0.3 is 9.55 Å². The van der Waals surface area contributed by atoms with Crippen LogP contribution in [-0.2, 0) is 6.54 Å². The summed E-state index contributed by atoms with van der Waals surface area (Å²) < 4.78 is 15.8. The molecule has 0 bridgehead atoms. The van der Waals surface area contributed by atoms with Crippen molar-refractivity contribution >= 4 is 34.6 Å². The predicted molar refractivity (Wildman–Crippen MR) is 77.6 cm³/mol. The van der Waals surface area contributed by atoms with Crippen molar-refractivity contribution in [2.45, 2.75) is 19.4 Å². The van der Waals surface area contributed by atoms with E-state index in [1.165, 1.54) is 12.1 Å². The number of thiazole rings is 1. The SMILES string of the molecule is CC(Cn1c(=S)[nH]c2cc(F)ccc21)c1nccs1. The van der Waals surface area contributed by atoms with E-state index in [0.717, 1.165) is 22.6 Å². The molecule has 98 valence electrons. The Kier molecular flexibility index (Phi) is 3.20. The summed E-state index contributed by atoms with van der Waals surface area (Å²) in [5.74, 6) is 0.0135. The Morgan fingerprint density at radius 2 is 2.37 bits per heavy atom. The van der Waals surface area contributed by atoms with Gasteiger partial charge in [-0.1, -0.05) is 6.92 Å². The molecule has 1 aromatic carbocycles. The maximum atomic E-state index is 13.2. The fraction of sp³-hybridized carbons (Fsp3) is 0.231. The van der Waals surface area contributed by atoms with Gasteiger partial charge in [0.15, 0.2) is 4.77 Å². The topological polar surface area (TPSA) is 33.6 Å². The molecule has 0 saturated carbocycles. The molecule has 1 atom stereocenters. The average molecular weight is 293 g/mol. The predicted octanol–water partition coefficient (Wildman–Crippen LogP) is 4.10. The largest absolute Gasteiger partial charge is 0.330 e. The number of hydrogen-bond acceptors (Lipinski definition) is 3. The van der Waals surface area contributed by atoms with E-state index in [4.69, 9.17) is 12.2 Å². The third-order valence-electron chi connectivity index (χ3n) is 3.07. The Labute approximate surface area is 118 Å². The van der Waals surface area contributed by atoms with Crippen LogP contribution in [-0.4, -0.2) is 14.5 Å². The zero-order valence-electron chi connectivity index (χ0n) is 10.3. The number of aromatic amines is 1. The van der Waals surface area contributed by atoms with E-state index in [2.05, 4.69) is 16.9 Å². The molecule has 3 rings (SSSR count). The Balaban J connectivity index is 2.01. The molecule has 3 aromatic rings. The summed E-state index contributed by atoms with van der Waals surface area (Å²) in [6.07, 6.45) is 1.81. The van der Waals surface area contributed by atoms with Gasteiger partial charge in [0.25, 0.3) is 0 Å². The number of rotatable bonds is 3. The first-order valence-electron chi connectivity index (χ1n) is 5.92. The highest BCUT2D eigenvalue weighted by atomic mass is 32.1. The number of nitrogens with zero attached hydrogens (tertiary/aromatic N) is 2. The minimum absolute atomic E-state index is 0.260. The Bertz CT molecular complexity index is 758. The molecule has 0 aliphatic carbocycles. The van der Waals surface area contributed by atoms with Crippen LogP contribution in [0.3, 0.4) is 0 Å². The number of aromatic nitrogens is 3. The second-order valence-corrected chi connectivity index (χ2v) is 5.79. The molecular weight excluding hydrogens is 281 g/mol. The Hall–Kier alpha value is -1.53. The van der Waals surface area contributed by atoms with Gasteiger partial charge in [-0.05, 0) is 30.4 Å². The summed E-state index contributed by atoms with van der Waals surface area (Å²) in [6, 6.07) is 4.68. The van der Waals surface area contributed by atoms with Crippen molar-refractivity contribution in [1.82, 2.24) is 14.5 Å². The van der Waals surface area contributed by atoms with Crippen LogP contribution in [0.1, 0.15) is 17.8 Å². The van der Waals surface area contributed by atoms with E-state index in [9.17, 15) is 4.39 Å². The second kappa shape index (κ2) is 4.86. The minimum atomic E-state index is -0.260. The van der Waals surface area contributed by atoms with Gasteiger partial charge in [0, 0.05) is 24.0 Å². The zero-order valence-corrected chi connectivity index (χ0v) is 11.9. The zero-order chi connectivity index (χ0) is 13.4. The fourth-order valence-electron chi connectivity index (χ4n) is 2.15. The van der Waals surface area contributed by atoms with Crippen molar-refractivity contribution in [2.75, 3.05) is 0 Å². The second-order valence-electron chi connectivity index (χ2n) is 4.47. The molecule has 0 fully saturated rings. The molecule has 0 radical (unpaired) electrons. The maximum Gasteiger partial charge on any atom is 0.178 e. The molecule has 1 unspecified atom stereocenters. The van der Waals surface area contributed by atoms with E-state index in [-0.39, 0.29) is 11.7 Å². The van der Waals surface area contributed by atoms with Crippen LogP contribution in [0.4, 0.5) is 4.39 Å². The molecule has 2 aromatic heterocycles. The average Bonchev–Trinajstić information content (AvgIpc) is 2.98. The summed E-state index contributed by atoms with van der Waals surface area (Å²) in [6.45, 7) is 2.85. The van der Waals surface area contributed by atoms with E-state index < -0.39 is 0 Å². The third kappa shape index (κ3) is 2.33. The van der Waals surface area contributed by atoms with Crippen LogP contribution >= 0.6 is 23.6 Å². The molecule has 0 aliphatic rings. The number of halogens is 1. The lowest BCUT2D eigenvalue weighted by Crippen LogP contribution is -2.06. The summed E-state index contributed by atoms with van der Waals surface area (Å²) in [4.78, 5) is 7.36. The maximum absolute atomic E-state index is 13.2. The van der Waals surface area contributed by atoms with Crippen molar-refractivity contribution in [3.8, 4) is 0 Å². The van der Waals surface area contributed by atoms with Crippen LogP contribution in [0, 0.1) is 10.6 Å². The number of H-pyrrole nitrogens is 1. The number of imidazole rings is 1. The van der Waals surface area contributed by atoms with Crippen LogP contribution < -0.4 is 0 Å². The molecule has 3 nitrogen and oxygen atoms in total. The van der Waals surface area contributed by atoms with Gasteiger partial charge in [0.1, 0.15) is 5.82 Å². The van der Waals surface area contributed by atoms with E-state index >= 15 is 0 Å². The highest BCUT2D eigenvalue weighted by molar-refractivity contribution is 7.71. The normalized spacial score (nSPS) is 12.9. The number of hydrogen-bond donors (Lipinski definition) is 1. The lowest BCUT2D eigenvalue weighted by atomic mass is 10.2. The van der Waals surface area contributed by atoms with Gasteiger partial charge in [-0.2, -0.15) is 0 Å². The van der Waals surface area contributed by atoms with Crippen LogP contribution in [0.2, 0.25) is 0 Å². The lowest BCUT2D eigenvalue weighted by molar-refractivity contribution is 0.601. The molecule has 1 N–H and O–H groups in total. The van der Waals surface area contributed by atoms with E-state index in [1.807, 2.05) is 9.95 Å². The summed E-state index contributed by atoms with van der Waals surface area (Å²) in [5.41, 5.74) is 1.66. The van der Waals surface area contributed by atoms with E-state index in [0.29, 0.717) is 4.77 Å².